The Kier molecular flexibility index (Phi) is 18.0. The van der Waals surface area contributed by atoms with Crippen molar-refractivity contribution in [2.45, 2.75) is 169 Å². The van der Waals surface area contributed by atoms with E-state index in [0.717, 1.165) is 32.6 Å². The van der Waals surface area contributed by atoms with Crippen molar-refractivity contribution in [2.24, 2.45) is 0 Å². The minimum absolute atomic E-state index is 0.132. The number of carbonyl (C=O) groups excluding carboxylic acids is 1. The Hall–Kier alpha value is -1.55. The summed E-state index contributed by atoms with van der Waals surface area (Å²) in [4.78, 5) is 12.1. The Labute approximate surface area is 317 Å². The average Bonchev–Trinajstić information content (AvgIpc) is 3.16. The van der Waals surface area contributed by atoms with Gasteiger partial charge < -0.3 is 99.4 Å². The lowest BCUT2D eigenvalue weighted by molar-refractivity contribution is -0.401. The summed E-state index contributed by atoms with van der Waals surface area (Å²) in [5.41, 5.74) is 0. The molecule has 0 radical (unpaired) electrons. The number of hydrogen-bond donors (Lipinski definition) is 12. The Morgan fingerprint density at radius 1 is 0.600 bits per heavy atom. The molecule has 4 heterocycles. The average molecular weight is 802 g/mol. The lowest BCUT2D eigenvalue weighted by Gasteiger charge is -2.51. The maximum Gasteiger partial charge on any atom is 0.217 e. The molecule has 4 rings (SSSR count). The number of nitrogens with one attached hydrogen (secondary N) is 1. The molecule has 55 heavy (non-hydrogen) atoms. The molecule has 0 spiro atoms. The van der Waals surface area contributed by atoms with Gasteiger partial charge in [-0.2, -0.15) is 0 Å². The van der Waals surface area contributed by atoms with Crippen molar-refractivity contribution in [1.29, 1.82) is 0 Å². The van der Waals surface area contributed by atoms with E-state index in [4.69, 9.17) is 37.9 Å². The zero-order valence-electron chi connectivity index (χ0n) is 30.8. The van der Waals surface area contributed by atoms with E-state index in [1.165, 1.54) is 6.92 Å². The van der Waals surface area contributed by atoms with Crippen LogP contribution in [0.25, 0.3) is 0 Å². The Morgan fingerprint density at radius 2 is 1.15 bits per heavy atom. The van der Waals surface area contributed by atoms with E-state index in [0.29, 0.717) is 6.42 Å². The second-order valence-corrected chi connectivity index (χ2v) is 14.2. The van der Waals surface area contributed by atoms with Crippen LogP contribution in [0.3, 0.4) is 0 Å². The smallest absolute Gasteiger partial charge is 0.217 e. The largest absolute Gasteiger partial charge is 0.394 e. The minimum Gasteiger partial charge on any atom is -0.394 e. The fourth-order valence-corrected chi connectivity index (χ4v) is 6.92. The number of rotatable bonds is 18. The number of amides is 1. The first-order valence-corrected chi connectivity index (χ1v) is 18.5. The standard InChI is InChI=1S/C34H59NO20/c1-4-5-6-7-8-9-10-48-32-27(47)28(22(42)17(12-37)51-32)53-34-30(55-33-26(46)25(45)20(40)14(2)49-33)29(23(43)18(13-38)52-34)54-31-19(35-15(3)39)24(44)21(41)16(11-36)50-31/h4,14,16-34,36-38,40-47H,1,5-13H2,2-3H3,(H,35,39)/t14-,16+,17+,18+,19+,20+,21-,22-,23-,24+,25+,26-,27+,28-,29-,30+,31+,32+,33-,34-/m0/s1. The topological polar surface area (TPSA) is 325 Å². The molecule has 0 unspecified atom stereocenters. The van der Waals surface area contributed by atoms with Gasteiger partial charge in [0, 0.05) is 13.5 Å². The van der Waals surface area contributed by atoms with Crippen LogP contribution >= 0.6 is 0 Å². The van der Waals surface area contributed by atoms with Crippen LogP contribution in [0.15, 0.2) is 12.7 Å². The molecule has 0 aromatic carbocycles. The van der Waals surface area contributed by atoms with Crippen LogP contribution in [0.5, 0.6) is 0 Å². The van der Waals surface area contributed by atoms with Gasteiger partial charge in [0.25, 0.3) is 0 Å². The summed E-state index contributed by atoms with van der Waals surface area (Å²) in [5, 5.41) is 120. The van der Waals surface area contributed by atoms with E-state index in [9.17, 15) is 61.0 Å². The van der Waals surface area contributed by atoms with Gasteiger partial charge in [-0.05, 0) is 26.2 Å². The number of allylic oxidation sites excluding steroid dienone is 1. The van der Waals surface area contributed by atoms with Crippen LogP contribution in [0.1, 0.15) is 46.0 Å². The molecule has 1 amide bonds. The molecule has 12 N–H and O–H groups in total. The predicted octanol–water partition coefficient (Wildman–Crippen LogP) is -5.42. The first-order valence-electron chi connectivity index (χ1n) is 18.5. The summed E-state index contributed by atoms with van der Waals surface area (Å²) < 4.78 is 46.8. The molecule has 20 atom stereocenters. The first-order chi connectivity index (χ1) is 26.2. The second kappa shape index (κ2) is 21.5. The van der Waals surface area contributed by atoms with Crippen LogP contribution in [0.4, 0.5) is 0 Å². The third-order valence-corrected chi connectivity index (χ3v) is 10.1. The number of carbonyl (C=O) groups is 1. The SMILES string of the molecule is C=CCCCCCCO[C@@H]1O[C@H](CO)[C@H](O)[C@H](O[C@@H]2O[C@H](CO)[C@H](O)[C@H](O[C@H]3O[C@H](CO)[C@H](O)[C@H](O)[C@H]3NC(C)=O)[C@H]2O[C@@H]2O[C@@H](C)[C@@H](O)[C@@H](O)[C@@H]2O)[C@H]1O. The van der Waals surface area contributed by atoms with Gasteiger partial charge in [0.1, 0.15) is 91.5 Å². The van der Waals surface area contributed by atoms with Crippen LogP contribution in [0, 0.1) is 0 Å². The number of aliphatic hydroxyl groups is 11. The number of hydrogen-bond acceptors (Lipinski definition) is 20. The molecule has 0 aromatic heterocycles. The quantitative estimate of drug-likeness (QED) is 0.0455. The highest BCUT2D eigenvalue weighted by molar-refractivity contribution is 5.73. The maximum atomic E-state index is 12.1. The summed E-state index contributed by atoms with van der Waals surface area (Å²) in [6.45, 7) is 3.84. The van der Waals surface area contributed by atoms with Crippen molar-refractivity contribution in [2.75, 3.05) is 26.4 Å². The van der Waals surface area contributed by atoms with E-state index >= 15 is 0 Å². The molecule has 0 bridgehead atoms. The monoisotopic (exact) mass is 801 g/mol. The normalized spacial score (nSPS) is 45.3. The first kappa shape index (κ1) is 46.1. The Balaban J connectivity index is 1.67. The molecule has 21 nitrogen and oxygen atoms in total. The molecule has 4 aliphatic heterocycles. The number of ether oxygens (including phenoxy) is 8. The highest BCUT2D eigenvalue weighted by atomic mass is 16.8. The van der Waals surface area contributed by atoms with E-state index in [2.05, 4.69) is 11.9 Å². The maximum absolute atomic E-state index is 12.1. The third-order valence-electron chi connectivity index (χ3n) is 10.1. The van der Waals surface area contributed by atoms with E-state index in [1.54, 1.807) is 0 Å². The van der Waals surface area contributed by atoms with Crippen molar-refractivity contribution in [1.82, 2.24) is 5.32 Å². The molecular formula is C34H59NO20. The summed E-state index contributed by atoms with van der Waals surface area (Å²) >= 11 is 0. The minimum atomic E-state index is -1.93. The van der Waals surface area contributed by atoms with Gasteiger partial charge >= 0.3 is 0 Å². The van der Waals surface area contributed by atoms with Gasteiger partial charge in [0.05, 0.1) is 25.9 Å². The van der Waals surface area contributed by atoms with Crippen molar-refractivity contribution in [3.63, 3.8) is 0 Å². The lowest BCUT2D eigenvalue weighted by Crippen LogP contribution is -2.69. The van der Waals surface area contributed by atoms with Crippen LogP contribution in [-0.2, 0) is 42.7 Å². The second-order valence-electron chi connectivity index (χ2n) is 14.2. The molecule has 21 heteroatoms. The van der Waals surface area contributed by atoms with Crippen LogP contribution in [-0.4, -0.2) is 211 Å². The van der Waals surface area contributed by atoms with Gasteiger partial charge in [-0.1, -0.05) is 18.9 Å². The Morgan fingerprint density at radius 3 is 1.76 bits per heavy atom. The molecule has 4 aliphatic rings. The van der Waals surface area contributed by atoms with Gasteiger partial charge in [0.15, 0.2) is 25.2 Å². The fourth-order valence-electron chi connectivity index (χ4n) is 6.92. The van der Waals surface area contributed by atoms with E-state index in [-0.39, 0.29) is 6.61 Å². The van der Waals surface area contributed by atoms with Crippen molar-refractivity contribution >= 4 is 5.91 Å². The number of unbranched alkanes of at least 4 members (excludes halogenated alkanes) is 4. The molecule has 0 aromatic rings. The molecule has 320 valence electrons. The van der Waals surface area contributed by atoms with Crippen molar-refractivity contribution < 1.29 is 98.9 Å². The summed E-state index contributed by atoms with van der Waals surface area (Å²) in [5.74, 6) is -0.698. The summed E-state index contributed by atoms with van der Waals surface area (Å²) in [6.07, 6.45) is -26.0. The van der Waals surface area contributed by atoms with Crippen molar-refractivity contribution in [3.8, 4) is 0 Å². The molecule has 0 saturated carbocycles. The van der Waals surface area contributed by atoms with E-state index < -0.39 is 148 Å². The molecular weight excluding hydrogens is 742 g/mol. The lowest BCUT2D eigenvalue weighted by atomic mass is 9.94. The van der Waals surface area contributed by atoms with Crippen LogP contribution < -0.4 is 5.32 Å². The summed E-state index contributed by atoms with van der Waals surface area (Å²) in [7, 11) is 0. The highest BCUT2D eigenvalue weighted by Crippen LogP contribution is 2.36. The highest BCUT2D eigenvalue weighted by Gasteiger charge is 2.56. The molecule has 4 fully saturated rings. The molecule has 4 saturated heterocycles. The van der Waals surface area contributed by atoms with Gasteiger partial charge in [-0.25, -0.2) is 0 Å². The third kappa shape index (κ3) is 11.1. The number of aliphatic hydroxyl groups excluding tert-OH is 11. The zero-order valence-corrected chi connectivity index (χ0v) is 30.8. The van der Waals surface area contributed by atoms with Crippen LogP contribution in [0.2, 0.25) is 0 Å². The predicted molar refractivity (Wildman–Crippen MR) is 181 cm³/mol. The van der Waals surface area contributed by atoms with Gasteiger partial charge in [-0.3, -0.25) is 4.79 Å². The fraction of sp³-hybridized carbons (Fsp3) is 0.912. The molecule has 0 aliphatic carbocycles. The van der Waals surface area contributed by atoms with Gasteiger partial charge in [0.2, 0.25) is 5.91 Å². The van der Waals surface area contributed by atoms with Gasteiger partial charge in [-0.15, -0.1) is 6.58 Å². The Bertz CT molecular complexity index is 1170. The summed E-state index contributed by atoms with van der Waals surface area (Å²) in [6, 6.07) is -1.53. The zero-order chi connectivity index (χ0) is 40.6. The van der Waals surface area contributed by atoms with Crippen molar-refractivity contribution in [3.05, 3.63) is 12.7 Å². The van der Waals surface area contributed by atoms with E-state index in [1.807, 2.05) is 6.08 Å².